The van der Waals surface area contributed by atoms with E-state index in [4.69, 9.17) is 0 Å². The van der Waals surface area contributed by atoms with Gasteiger partial charge in [0.05, 0.1) is 0 Å². The molecule has 28 heavy (non-hydrogen) atoms. The lowest BCUT2D eigenvalue weighted by Crippen LogP contribution is -2.38. The lowest BCUT2D eigenvalue weighted by molar-refractivity contribution is 0.0700. The molecule has 0 atom stereocenters. The van der Waals surface area contributed by atoms with E-state index in [9.17, 15) is 4.79 Å². The van der Waals surface area contributed by atoms with Crippen LogP contribution in [0.1, 0.15) is 40.6 Å². The van der Waals surface area contributed by atoms with Gasteiger partial charge in [-0.15, -0.1) is 0 Å². The van der Waals surface area contributed by atoms with Crippen LogP contribution in [-0.4, -0.2) is 43.8 Å². The van der Waals surface area contributed by atoms with Crippen LogP contribution in [0, 0.1) is 6.92 Å². The Morgan fingerprint density at radius 1 is 1.00 bits per heavy atom. The molecule has 1 aliphatic rings. The van der Waals surface area contributed by atoms with Gasteiger partial charge >= 0.3 is 0 Å². The van der Waals surface area contributed by atoms with Crippen molar-refractivity contribution in [3.63, 3.8) is 0 Å². The van der Waals surface area contributed by atoms with Crippen LogP contribution in [0.15, 0.2) is 55.0 Å². The number of hydrogen-bond acceptors (Lipinski definition) is 6. The second kappa shape index (κ2) is 8.12. The van der Waals surface area contributed by atoms with E-state index in [1.165, 1.54) is 5.56 Å². The largest absolute Gasteiger partial charge is 0.336 e. The van der Waals surface area contributed by atoms with Gasteiger partial charge in [0.2, 0.25) is 5.82 Å². The Morgan fingerprint density at radius 2 is 1.79 bits per heavy atom. The Hall–Kier alpha value is -3.35. The topological polar surface area (TPSA) is 83.9 Å². The lowest BCUT2D eigenvalue weighted by atomic mass is 9.90. The molecule has 1 fully saturated rings. The number of nitrogens with one attached hydrogen (secondary N) is 1. The Bertz CT molecular complexity index is 954. The summed E-state index contributed by atoms with van der Waals surface area (Å²) in [6, 6.07) is 11.7. The predicted octanol–water partition coefficient (Wildman–Crippen LogP) is 3.34. The number of aromatic nitrogens is 4. The standard InChI is InChI=1S/C21H22N6O/c1-15-4-2-5-18(25-15)26-19-14-17(6-11-22-19)16-7-12-27(13-8-16)21(28)20-23-9-3-10-24-20/h2-6,9-11,14,16H,7-8,12-13H2,1H3,(H,22,25,26). The van der Waals surface area contributed by atoms with Gasteiger partial charge in [0, 0.05) is 37.4 Å². The molecule has 0 spiro atoms. The SMILES string of the molecule is Cc1cccc(Nc2cc(C3CCN(C(=O)c4ncccn4)CC3)ccn2)n1. The third kappa shape index (κ3) is 4.14. The first-order valence-electron chi connectivity index (χ1n) is 9.42. The minimum Gasteiger partial charge on any atom is -0.336 e. The monoisotopic (exact) mass is 374 g/mol. The molecule has 0 aliphatic carbocycles. The fraction of sp³-hybridized carbons (Fsp3) is 0.286. The quantitative estimate of drug-likeness (QED) is 0.754. The number of pyridine rings is 2. The molecule has 4 rings (SSSR count). The Morgan fingerprint density at radius 3 is 2.54 bits per heavy atom. The zero-order valence-electron chi connectivity index (χ0n) is 15.7. The normalized spacial score (nSPS) is 14.7. The number of likely N-dealkylation sites (tertiary alicyclic amines) is 1. The van der Waals surface area contributed by atoms with Crippen molar-refractivity contribution in [2.75, 3.05) is 18.4 Å². The number of anilines is 2. The van der Waals surface area contributed by atoms with Gasteiger partial charge in [-0.05, 0) is 61.6 Å². The minimum absolute atomic E-state index is 0.0957. The average molecular weight is 374 g/mol. The summed E-state index contributed by atoms with van der Waals surface area (Å²) >= 11 is 0. The molecule has 1 saturated heterocycles. The Balaban J connectivity index is 1.40. The zero-order chi connectivity index (χ0) is 19.3. The van der Waals surface area contributed by atoms with Crippen LogP contribution in [0.4, 0.5) is 11.6 Å². The summed E-state index contributed by atoms with van der Waals surface area (Å²) in [5.74, 6) is 2.14. The van der Waals surface area contributed by atoms with Crippen LogP contribution in [0.5, 0.6) is 0 Å². The number of aryl methyl sites for hydroxylation is 1. The molecule has 1 aliphatic heterocycles. The van der Waals surface area contributed by atoms with Crippen LogP contribution in [0.3, 0.4) is 0 Å². The lowest BCUT2D eigenvalue weighted by Gasteiger charge is -2.31. The van der Waals surface area contributed by atoms with Gasteiger partial charge < -0.3 is 10.2 Å². The number of piperidine rings is 1. The first-order chi connectivity index (χ1) is 13.7. The summed E-state index contributed by atoms with van der Waals surface area (Å²) in [6.07, 6.45) is 6.83. The number of hydrogen-bond donors (Lipinski definition) is 1. The van der Waals surface area contributed by atoms with Crippen LogP contribution in [-0.2, 0) is 0 Å². The maximum atomic E-state index is 12.5. The zero-order valence-corrected chi connectivity index (χ0v) is 15.7. The van der Waals surface area contributed by atoms with Crippen molar-refractivity contribution in [3.05, 3.63) is 72.1 Å². The highest BCUT2D eigenvalue weighted by Gasteiger charge is 2.26. The number of rotatable bonds is 4. The van der Waals surface area contributed by atoms with Crippen molar-refractivity contribution in [1.29, 1.82) is 0 Å². The summed E-state index contributed by atoms with van der Waals surface area (Å²) in [4.78, 5) is 31.3. The fourth-order valence-electron chi connectivity index (χ4n) is 3.48. The number of amides is 1. The van der Waals surface area contributed by atoms with Gasteiger partial charge in [-0.25, -0.2) is 19.9 Å². The molecule has 1 N–H and O–H groups in total. The first-order valence-corrected chi connectivity index (χ1v) is 9.42. The number of carbonyl (C=O) groups excluding carboxylic acids is 1. The van der Waals surface area contributed by atoms with Gasteiger partial charge in [0.1, 0.15) is 11.6 Å². The van der Waals surface area contributed by atoms with Gasteiger partial charge in [-0.1, -0.05) is 6.07 Å². The molecule has 3 aromatic heterocycles. The van der Waals surface area contributed by atoms with Crippen LogP contribution < -0.4 is 5.32 Å². The molecular formula is C21H22N6O. The molecule has 0 bridgehead atoms. The van der Waals surface area contributed by atoms with Crippen LogP contribution in [0.25, 0.3) is 0 Å². The third-order valence-corrected chi connectivity index (χ3v) is 4.94. The molecule has 0 saturated carbocycles. The van der Waals surface area contributed by atoms with Gasteiger partial charge in [-0.3, -0.25) is 4.79 Å². The first kappa shape index (κ1) is 18.0. The van der Waals surface area contributed by atoms with E-state index in [1.807, 2.05) is 36.2 Å². The number of carbonyl (C=O) groups is 1. The van der Waals surface area contributed by atoms with Crippen molar-refractivity contribution < 1.29 is 4.79 Å². The van der Waals surface area contributed by atoms with Crippen molar-refractivity contribution in [2.24, 2.45) is 0 Å². The summed E-state index contributed by atoms with van der Waals surface area (Å²) in [6.45, 7) is 3.36. The van der Waals surface area contributed by atoms with E-state index in [2.05, 4.69) is 37.4 Å². The van der Waals surface area contributed by atoms with E-state index in [0.29, 0.717) is 19.0 Å². The minimum atomic E-state index is -0.0957. The molecular weight excluding hydrogens is 352 g/mol. The molecule has 0 aromatic carbocycles. The highest BCUT2D eigenvalue weighted by atomic mass is 16.2. The maximum absolute atomic E-state index is 12.5. The predicted molar refractivity (Wildman–Crippen MR) is 106 cm³/mol. The van der Waals surface area contributed by atoms with E-state index < -0.39 is 0 Å². The Labute approximate surface area is 163 Å². The second-order valence-corrected chi connectivity index (χ2v) is 6.90. The van der Waals surface area contributed by atoms with Crippen molar-refractivity contribution in [3.8, 4) is 0 Å². The molecule has 7 heteroatoms. The van der Waals surface area contributed by atoms with Crippen LogP contribution >= 0.6 is 0 Å². The summed E-state index contributed by atoms with van der Waals surface area (Å²) in [5, 5.41) is 3.27. The highest BCUT2D eigenvalue weighted by Crippen LogP contribution is 2.29. The molecule has 1 amide bonds. The van der Waals surface area contributed by atoms with Gasteiger partial charge in [0.15, 0.2) is 0 Å². The third-order valence-electron chi connectivity index (χ3n) is 4.94. The molecule has 142 valence electrons. The van der Waals surface area contributed by atoms with Crippen molar-refractivity contribution in [2.45, 2.75) is 25.7 Å². The van der Waals surface area contributed by atoms with Gasteiger partial charge in [0.25, 0.3) is 5.91 Å². The van der Waals surface area contributed by atoms with Crippen molar-refractivity contribution >= 4 is 17.5 Å². The fourth-order valence-corrected chi connectivity index (χ4v) is 3.48. The van der Waals surface area contributed by atoms with E-state index in [1.54, 1.807) is 18.5 Å². The second-order valence-electron chi connectivity index (χ2n) is 6.90. The number of nitrogens with zero attached hydrogens (tertiary/aromatic N) is 5. The molecule has 3 aromatic rings. The smallest absolute Gasteiger partial charge is 0.291 e. The maximum Gasteiger partial charge on any atom is 0.291 e. The molecule has 7 nitrogen and oxygen atoms in total. The van der Waals surface area contributed by atoms with Crippen molar-refractivity contribution in [1.82, 2.24) is 24.8 Å². The van der Waals surface area contributed by atoms with Gasteiger partial charge in [-0.2, -0.15) is 0 Å². The molecule has 0 radical (unpaired) electrons. The average Bonchev–Trinajstić information content (AvgIpc) is 2.74. The summed E-state index contributed by atoms with van der Waals surface area (Å²) in [7, 11) is 0. The Kier molecular flexibility index (Phi) is 5.23. The van der Waals surface area contributed by atoms with E-state index in [-0.39, 0.29) is 11.7 Å². The summed E-state index contributed by atoms with van der Waals surface area (Å²) in [5.41, 5.74) is 2.19. The van der Waals surface area contributed by atoms with E-state index >= 15 is 0 Å². The summed E-state index contributed by atoms with van der Waals surface area (Å²) < 4.78 is 0. The molecule has 4 heterocycles. The van der Waals surface area contributed by atoms with E-state index in [0.717, 1.165) is 30.2 Å². The highest BCUT2D eigenvalue weighted by molar-refractivity contribution is 5.90. The van der Waals surface area contributed by atoms with Crippen LogP contribution in [0.2, 0.25) is 0 Å². The molecule has 0 unspecified atom stereocenters.